The Morgan fingerprint density at radius 1 is 1.10 bits per heavy atom. The predicted molar refractivity (Wildman–Crippen MR) is 106 cm³/mol. The number of fused-ring (bicyclic) bond motifs is 1. The van der Waals surface area contributed by atoms with Crippen LogP contribution in [0.2, 0.25) is 0 Å². The van der Waals surface area contributed by atoms with Gasteiger partial charge in [0.05, 0.1) is 6.54 Å². The van der Waals surface area contributed by atoms with Crippen molar-refractivity contribution < 1.29 is 18.0 Å². The van der Waals surface area contributed by atoms with Crippen LogP contribution in [0.25, 0.3) is 11.0 Å². The lowest BCUT2D eigenvalue weighted by Gasteiger charge is -2.32. The van der Waals surface area contributed by atoms with Gasteiger partial charge in [-0.3, -0.25) is 9.69 Å². The molecule has 0 bridgehead atoms. The van der Waals surface area contributed by atoms with E-state index in [0.29, 0.717) is 5.69 Å². The lowest BCUT2D eigenvalue weighted by Crippen LogP contribution is -2.35. The maximum absolute atomic E-state index is 13.3. The first kappa shape index (κ1) is 18.3. The molecule has 1 atom stereocenters. The average Bonchev–Trinajstić information content (AvgIpc) is 3.26. The third kappa shape index (κ3) is 3.53. The standard InChI is InChI=1S/C23H22F2N2O2/c24-19-6-5-16(12-20(19)25)26-22(28)18-13-23(18)7-9-27(10-8-23)14-17-11-15-3-1-2-4-21(15)29-17/h1-6,11-12,18H,7-10,13-14H2,(H,26,28). The molecule has 1 saturated carbocycles. The van der Waals surface area contributed by atoms with Crippen molar-refractivity contribution in [3.8, 4) is 0 Å². The summed E-state index contributed by atoms with van der Waals surface area (Å²) < 4.78 is 32.3. The van der Waals surface area contributed by atoms with Crippen molar-refractivity contribution in [2.45, 2.75) is 25.8 Å². The highest BCUT2D eigenvalue weighted by atomic mass is 19.2. The molecule has 1 N–H and O–H groups in total. The fourth-order valence-electron chi connectivity index (χ4n) is 4.57. The Labute approximate surface area is 167 Å². The number of hydrogen-bond donors (Lipinski definition) is 1. The molecule has 0 radical (unpaired) electrons. The van der Waals surface area contributed by atoms with Crippen LogP contribution in [0, 0.1) is 23.0 Å². The molecule has 1 amide bonds. The first-order chi connectivity index (χ1) is 14.0. The summed E-state index contributed by atoms with van der Waals surface area (Å²) in [6, 6.07) is 13.5. The van der Waals surface area contributed by atoms with Gasteiger partial charge in [-0.15, -0.1) is 0 Å². The Bertz CT molecular complexity index is 1040. The summed E-state index contributed by atoms with van der Waals surface area (Å²) in [6.07, 6.45) is 2.78. The van der Waals surface area contributed by atoms with Crippen LogP contribution in [-0.4, -0.2) is 23.9 Å². The Balaban J connectivity index is 1.16. The Hall–Kier alpha value is -2.73. The van der Waals surface area contributed by atoms with Crippen LogP contribution in [0.3, 0.4) is 0 Å². The molecule has 1 spiro atoms. The number of piperidine rings is 1. The number of amides is 1. The molecule has 1 aliphatic carbocycles. The number of nitrogens with one attached hydrogen (secondary N) is 1. The van der Waals surface area contributed by atoms with E-state index in [0.717, 1.165) is 67.8 Å². The first-order valence-corrected chi connectivity index (χ1v) is 9.98. The van der Waals surface area contributed by atoms with Gasteiger partial charge >= 0.3 is 0 Å². The van der Waals surface area contributed by atoms with E-state index in [2.05, 4.69) is 16.3 Å². The zero-order valence-corrected chi connectivity index (χ0v) is 16.0. The number of hydrogen-bond acceptors (Lipinski definition) is 3. The second-order valence-corrected chi connectivity index (χ2v) is 8.26. The first-order valence-electron chi connectivity index (χ1n) is 9.98. The fourth-order valence-corrected chi connectivity index (χ4v) is 4.57. The SMILES string of the molecule is O=C(Nc1ccc(F)c(F)c1)C1CC12CCN(Cc1cc3ccccc3o1)CC2. The number of carbonyl (C=O) groups is 1. The number of anilines is 1. The number of rotatable bonds is 4. The molecule has 2 aliphatic rings. The summed E-state index contributed by atoms with van der Waals surface area (Å²) in [5.41, 5.74) is 1.26. The molecule has 6 heteroatoms. The second kappa shape index (κ2) is 6.95. The van der Waals surface area contributed by atoms with E-state index in [4.69, 9.17) is 4.42 Å². The minimum absolute atomic E-state index is 0.0486. The Morgan fingerprint density at radius 2 is 1.90 bits per heavy atom. The van der Waals surface area contributed by atoms with Crippen molar-refractivity contribution in [1.82, 2.24) is 4.90 Å². The molecule has 2 heterocycles. The van der Waals surface area contributed by atoms with Gasteiger partial charge in [-0.25, -0.2) is 8.78 Å². The largest absolute Gasteiger partial charge is 0.460 e. The van der Waals surface area contributed by atoms with Crippen molar-refractivity contribution in [1.29, 1.82) is 0 Å². The number of benzene rings is 2. The van der Waals surface area contributed by atoms with Crippen LogP contribution >= 0.6 is 0 Å². The highest BCUT2D eigenvalue weighted by molar-refractivity contribution is 5.95. The van der Waals surface area contributed by atoms with Crippen LogP contribution in [0.5, 0.6) is 0 Å². The summed E-state index contributed by atoms with van der Waals surface area (Å²) in [6.45, 7) is 2.62. The van der Waals surface area contributed by atoms with Crippen LogP contribution in [0.15, 0.2) is 52.9 Å². The van der Waals surface area contributed by atoms with Crippen molar-refractivity contribution in [2.24, 2.45) is 11.3 Å². The molecule has 29 heavy (non-hydrogen) atoms. The number of likely N-dealkylation sites (tertiary alicyclic amines) is 1. The van der Waals surface area contributed by atoms with Crippen LogP contribution in [-0.2, 0) is 11.3 Å². The van der Waals surface area contributed by atoms with Gasteiger partial charge in [-0.05, 0) is 62.0 Å². The predicted octanol–water partition coefficient (Wildman–Crippen LogP) is 4.95. The molecule has 5 rings (SSSR count). The zero-order chi connectivity index (χ0) is 20.0. The second-order valence-electron chi connectivity index (χ2n) is 8.26. The topological polar surface area (TPSA) is 45.5 Å². The molecule has 1 saturated heterocycles. The lowest BCUT2D eigenvalue weighted by atomic mass is 9.90. The highest BCUT2D eigenvalue weighted by Gasteiger charge is 2.58. The number of nitrogens with zero attached hydrogens (tertiary/aromatic N) is 1. The number of carbonyl (C=O) groups excluding carboxylic acids is 1. The summed E-state index contributed by atoms with van der Waals surface area (Å²) in [4.78, 5) is 14.9. The number of halogens is 2. The minimum atomic E-state index is -0.952. The maximum atomic E-state index is 13.3. The van der Waals surface area contributed by atoms with Gasteiger partial charge in [0.25, 0.3) is 0 Å². The van der Waals surface area contributed by atoms with Gasteiger partial charge in [-0.1, -0.05) is 18.2 Å². The van der Waals surface area contributed by atoms with Gasteiger partial charge in [0.1, 0.15) is 11.3 Å². The smallest absolute Gasteiger partial charge is 0.228 e. The van der Waals surface area contributed by atoms with E-state index < -0.39 is 11.6 Å². The van der Waals surface area contributed by atoms with E-state index in [1.165, 1.54) is 6.07 Å². The van der Waals surface area contributed by atoms with Gasteiger partial charge < -0.3 is 9.73 Å². The Morgan fingerprint density at radius 3 is 2.66 bits per heavy atom. The number of para-hydroxylation sites is 1. The number of furan rings is 1. The molecule has 4 nitrogen and oxygen atoms in total. The molecular weight excluding hydrogens is 374 g/mol. The third-order valence-corrected chi connectivity index (χ3v) is 6.40. The fraction of sp³-hybridized carbons (Fsp3) is 0.348. The molecule has 2 fully saturated rings. The van der Waals surface area contributed by atoms with E-state index >= 15 is 0 Å². The van der Waals surface area contributed by atoms with Crippen LogP contribution < -0.4 is 5.32 Å². The summed E-state index contributed by atoms with van der Waals surface area (Å²) in [5.74, 6) is -1.05. The van der Waals surface area contributed by atoms with Gasteiger partial charge in [0.15, 0.2) is 11.6 Å². The molecule has 1 aromatic heterocycles. The molecule has 3 aromatic rings. The quantitative estimate of drug-likeness (QED) is 0.679. The zero-order valence-electron chi connectivity index (χ0n) is 16.0. The summed E-state index contributed by atoms with van der Waals surface area (Å²) >= 11 is 0. The lowest BCUT2D eigenvalue weighted by molar-refractivity contribution is -0.118. The molecule has 150 valence electrons. The van der Waals surface area contributed by atoms with Crippen molar-refractivity contribution >= 4 is 22.6 Å². The highest BCUT2D eigenvalue weighted by Crippen LogP contribution is 2.59. The third-order valence-electron chi connectivity index (χ3n) is 6.40. The van der Waals surface area contributed by atoms with E-state index in [-0.39, 0.29) is 17.2 Å². The van der Waals surface area contributed by atoms with Crippen molar-refractivity contribution in [2.75, 3.05) is 18.4 Å². The van der Waals surface area contributed by atoms with Gasteiger partial charge in [0.2, 0.25) is 5.91 Å². The molecule has 1 aliphatic heterocycles. The van der Waals surface area contributed by atoms with Gasteiger partial charge in [0, 0.05) is 23.1 Å². The van der Waals surface area contributed by atoms with Crippen LogP contribution in [0.4, 0.5) is 14.5 Å². The van der Waals surface area contributed by atoms with Crippen molar-refractivity contribution in [3.05, 3.63) is 65.9 Å². The van der Waals surface area contributed by atoms with Crippen LogP contribution in [0.1, 0.15) is 25.0 Å². The van der Waals surface area contributed by atoms with E-state index in [9.17, 15) is 13.6 Å². The average molecular weight is 396 g/mol. The molecule has 1 unspecified atom stereocenters. The Kier molecular flexibility index (Phi) is 4.39. The molecule has 2 aromatic carbocycles. The molecular formula is C23H22F2N2O2. The van der Waals surface area contributed by atoms with E-state index in [1.807, 2.05) is 24.3 Å². The summed E-state index contributed by atoms with van der Waals surface area (Å²) in [7, 11) is 0. The monoisotopic (exact) mass is 396 g/mol. The maximum Gasteiger partial charge on any atom is 0.228 e. The summed E-state index contributed by atoms with van der Waals surface area (Å²) in [5, 5.41) is 3.85. The van der Waals surface area contributed by atoms with Crippen molar-refractivity contribution in [3.63, 3.8) is 0 Å². The van der Waals surface area contributed by atoms with E-state index in [1.54, 1.807) is 0 Å². The minimum Gasteiger partial charge on any atom is -0.460 e. The van der Waals surface area contributed by atoms with Gasteiger partial charge in [-0.2, -0.15) is 0 Å². The normalized spacial score (nSPS) is 20.8.